The van der Waals surface area contributed by atoms with Crippen LogP contribution in [0.1, 0.15) is 23.6 Å². The van der Waals surface area contributed by atoms with Crippen molar-refractivity contribution in [3.8, 4) is 11.5 Å². The first-order valence-electron chi connectivity index (χ1n) is 8.51. The zero-order valence-corrected chi connectivity index (χ0v) is 14.9. The smallest absolute Gasteiger partial charge is 0.305 e. The Labute approximate surface area is 151 Å². The van der Waals surface area contributed by atoms with Gasteiger partial charge in [-0.2, -0.15) is 0 Å². The third-order valence-corrected chi connectivity index (χ3v) is 4.75. The van der Waals surface area contributed by atoms with Gasteiger partial charge in [-0.15, -0.1) is 0 Å². The Balaban J connectivity index is 1.95. The number of carboxylic acid groups (broad SMARTS) is 1. The van der Waals surface area contributed by atoms with E-state index in [0.29, 0.717) is 37.7 Å². The van der Waals surface area contributed by atoms with E-state index < -0.39 is 18.1 Å². The summed E-state index contributed by atoms with van der Waals surface area (Å²) in [6.45, 7) is 1.42. The molecular weight excluding hydrogens is 342 g/mol. The quantitative estimate of drug-likeness (QED) is 0.832. The fraction of sp³-hybridized carbons (Fsp3) is 0.556. The van der Waals surface area contributed by atoms with Crippen molar-refractivity contribution in [2.45, 2.75) is 25.0 Å². The van der Waals surface area contributed by atoms with Crippen molar-refractivity contribution in [3.05, 3.63) is 23.3 Å². The standard InChI is InChI=1S/C18H23NO7/c1-23-14-7-11-3-4-19(18(22)16-10-25-5-6-26-16)13(9-17(20)21)12(11)8-15(14)24-2/h7-8,13,16H,3-6,9-10H2,1-2H3,(H,20,21). The molecule has 0 saturated carbocycles. The van der Waals surface area contributed by atoms with Crippen molar-refractivity contribution < 1.29 is 33.6 Å². The lowest BCUT2D eigenvalue weighted by molar-refractivity contribution is -0.161. The van der Waals surface area contributed by atoms with Gasteiger partial charge in [0.2, 0.25) is 0 Å². The molecule has 2 heterocycles. The summed E-state index contributed by atoms with van der Waals surface area (Å²) in [7, 11) is 3.08. The molecule has 142 valence electrons. The average Bonchev–Trinajstić information content (AvgIpc) is 2.67. The van der Waals surface area contributed by atoms with Crippen LogP contribution < -0.4 is 9.47 Å². The lowest BCUT2D eigenvalue weighted by Gasteiger charge is -2.39. The molecule has 1 amide bonds. The van der Waals surface area contributed by atoms with E-state index >= 15 is 0 Å². The number of ether oxygens (including phenoxy) is 4. The van der Waals surface area contributed by atoms with Crippen molar-refractivity contribution in [2.24, 2.45) is 0 Å². The van der Waals surface area contributed by atoms with Crippen LogP contribution >= 0.6 is 0 Å². The van der Waals surface area contributed by atoms with Crippen molar-refractivity contribution >= 4 is 11.9 Å². The van der Waals surface area contributed by atoms with E-state index in [1.54, 1.807) is 18.1 Å². The molecule has 1 N–H and O–H groups in total. The van der Waals surface area contributed by atoms with Gasteiger partial charge in [0.05, 0.1) is 46.5 Å². The lowest BCUT2D eigenvalue weighted by Crippen LogP contribution is -2.49. The van der Waals surface area contributed by atoms with Gasteiger partial charge >= 0.3 is 5.97 Å². The summed E-state index contributed by atoms with van der Waals surface area (Å²) in [4.78, 5) is 25.9. The predicted octanol–water partition coefficient (Wildman–Crippen LogP) is 1.02. The number of carboxylic acids is 1. The fourth-order valence-electron chi connectivity index (χ4n) is 3.49. The monoisotopic (exact) mass is 365 g/mol. The molecule has 2 aliphatic rings. The third kappa shape index (κ3) is 3.61. The van der Waals surface area contributed by atoms with Crippen LogP contribution in [0.4, 0.5) is 0 Å². The van der Waals surface area contributed by atoms with Gasteiger partial charge in [-0.1, -0.05) is 0 Å². The summed E-state index contributed by atoms with van der Waals surface area (Å²) in [5.74, 6) is -0.120. The Bertz CT molecular complexity index is 684. The van der Waals surface area contributed by atoms with E-state index in [0.717, 1.165) is 11.1 Å². The molecule has 1 saturated heterocycles. The molecule has 8 nitrogen and oxygen atoms in total. The molecule has 1 fully saturated rings. The molecular formula is C18H23NO7. The molecule has 2 aliphatic heterocycles. The summed E-state index contributed by atoms with van der Waals surface area (Å²) in [5, 5.41) is 9.38. The number of benzene rings is 1. The molecule has 0 aliphatic carbocycles. The molecule has 0 bridgehead atoms. The van der Waals surface area contributed by atoms with E-state index in [2.05, 4.69) is 0 Å². The predicted molar refractivity (Wildman–Crippen MR) is 90.5 cm³/mol. The maximum absolute atomic E-state index is 12.9. The number of amides is 1. The van der Waals surface area contributed by atoms with Gasteiger partial charge in [0.15, 0.2) is 17.6 Å². The van der Waals surface area contributed by atoms with Gasteiger partial charge in [0.25, 0.3) is 5.91 Å². The number of rotatable bonds is 5. The van der Waals surface area contributed by atoms with E-state index in [9.17, 15) is 14.7 Å². The Morgan fingerprint density at radius 2 is 1.96 bits per heavy atom. The Morgan fingerprint density at radius 1 is 1.23 bits per heavy atom. The van der Waals surface area contributed by atoms with Gasteiger partial charge in [-0.05, 0) is 29.7 Å². The number of carbonyl (C=O) groups excluding carboxylic acids is 1. The molecule has 1 aromatic carbocycles. The van der Waals surface area contributed by atoms with Crippen LogP contribution in [-0.2, 0) is 25.5 Å². The van der Waals surface area contributed by atoms with Crippen LogP contribution in [-0.4, -0.2) is 68.6 Å². The minimum Gasteiger partial charge on any atom is -0.493 e. The highest BCUT2D eigenvalue weighted by Gasteiger charge is 2.37. The summed E-state index contributed by atoms with van der Waals surface area (Å²) in [6, 6.07) is 3.03. The number of aliphatic carboxylic acids is 1. The summed E-state index contributed by atoms with van der Waals surface area (Å²) in [6.07, 6.45) is -0.283. The van der Waals surface area contributed by atoms with Gasteiger partial charge in [0, 0.05) is 6.54 Å². The number of carbonyl (C=O) groups is 2. The van der Waals surface area contributed by atoms with Crippen LogP contribution in [0.5, 0.6) is 11.5 Å². The van der Waals surface area contributed by atoms with Gasteiger partial charge in [-0.3, -0.25) is 9.59 Å². The second-order valence-corrected chi connectivity index (χ2v) is 6.24. The van der Waals surface area contributed by atoms with Crippen molar-refractivity contribution in [1.29, 1.82) is 0 Å². The maximum Gasteiger partial charge on any atom is 0.305 e. The Hall–Kier alpha value is -2.32. The first-order valence-corrected chi connectivity index (χ1v) is 8.51. The van der Waals surface area contributed by atoms with E-state index in [4.69, 9.17) is 18.9 Å². The lowest BCUT2D eigenvalue weighted by atomic mass is 9.89. The van der Waals surface area contributed by atoms with E-state index in [1.807, 2.05) is 6.07 Å². The summed E-state index contributed by atoms with van der Waals surface area (Å²) in [5.41, 5.74) is 1.72. The molecule has 2 atom stereocenters. The molecule has 0 aromatic heterocycles. The van der Waals surface area contributed by atoms with Crippen LogP contribution in [0.3, 0.4) is 0 Å². The molecule has 26 heavy (non-hydrogen) atoms. The second kappa shape index (κ2) is 7.92. The Kier molecular flexibility index (Phi) is 5.63. The first kappa shape index (κ1) is 18.5. The third-order valence-electron chi connectivity index (χ3n) is 4.75. The topological polar surface area (TPSA) is 94.5 Å². The minimum absolute atomic E-state index is 0.188. The maximum atomic E-state index is 12.9. The number of hydrogen-bond donors (Lipinski definition) is 1. The molecule has 0 radical (unpaired) electrons. The first-order chi connectivity index (χ1) is 12.5. The van der Waals surface area contributed by atoms with Crippen LogP contribution in [0, 0.1) is 0 Å². The number of fused-ring (bicyclic) bond motifs is 1. The van der Waals surface area contributed by atoms with Gasteiger partial charge in [0.1, 0.15) is 0 Å². The van der Waals surface area contributed by atoms with Crippen LogP contribution in [0.15, 0.2) is 12.1 Å². The molecule has 0 spiro atoms. The highest BCUT2D eigenvalue weighted by molar-refractivity contribution is 5.83. The Morgan fingerprint density at radius 3 is 2.58 bits per heavy atom. The summed E-state index contributed by atoms with van der Waals surface area (Å²) < 4.78 is 21.5. The van der Waals surface area contributed by atoms with Crippen molar-refractivity contribution in [1.82, 2.24) is 4.90 Å². The van der Waals surface area contributed by atoms with Crippen LogP contribution in [0.2, 0.25) is 0 Å². The highest BCUT2D eigenvalue weighted by atomic mass is 16.6. The minimum atomic E-state index is -0.976. The van der Waals surface area contributed by atoms with Gasteiger partial charge < -0.3 is 29.0 Å². The molecule has 2 unspecified atom stereocenters. The fourth-order valence-corrected chi connectivity index (χ4v) is 3.49. The average molecular weight is 365 g/mol. The van der Waals surface area contributed by atoms with Crippen molar-refractivity contribution in [3.63, 3.8) is 0 Å². The molecule has 1 aromatic rings. The second-order valence-electron chi connectivity index (χ2n) is 6.24. The van der Waals surface area contributed by atoms with Crippen molar-refractivity contribution in [2.75, 3.05) is 40.6 Å². The number of nitrogens with zero attached hydrogens (tertiary/aromatic N) is 1. The largest absolute Gasteiger partial charge is 0.493 e. The normalized spacial score (nSPS) is 22.5. The van der Waals surface area contributed by atoms with E-state index in [1.165, 1.54) is 7.11 Å². The molecule has 3 rings (SSSR count). The van der Waals surface area contributed by atoms with Crippen LogP contribution in [0.25, 0.3) is 0 Å². The molecule has 8 heteroatoms. The summed E-state index contributed by atoms with van der Waals surface area (Å²) >= 11 is 0. The zero-order chi connectivity index (χ0) is 18.7. The van der Waals surface area contributed by atoms with Gasteiger partial charge in [-0.25, -0.2) is 0 Å². The highest BCUT2D eigenvalue weighted by Crippen LogP contribution is 2.39. The van der Waals surface area contributed by atoms with E-state index in [-0.39, 0.29) is 18.9 Å². The number of methoxy groups -OCH3 is 2. The zero-order valence-electron chi connectivity index (χ0n) is 14.9. The SMILES string of the molecule is COc1cc2c(cc1OC)C(CC(=O)O)N(C(=O)C1COCCO1)CC2. The number of hydrogen-bond acceptors (Lipinski definition) is 6.